The highest BCUT2D eigenvalue weighted by molar-refractivity contribution is 6.03. The molecular formula is C22H27N3O3. The van der Waals surface area contributed by atoms with Crippen LogP contribution in [-0.2, 0) is 9.59 Å². The molecule has 6 heteroatoms. The Morgan fingerprint density at radius 1 is 1.07 bits per heavy atom. The highest BCUT2D eigenvalue weighted by Crippen LogP contribution is 2.16. The number of aryl methyl sites for hydroxylation is 2. The lowest BCUT2D eigenvalue weighted by molar-refractivity contribution is -0.126. The zero-order valence-electron chi connectivity index (χ0n) is 16.6. The van der Waals surface area contributed by atoms with Crippen LogP contribution >= 0.6 is 0 Å². The third-order valence-electron chi connectivity index (χ3n) is 4.18. The molecule has 2 N–H and O–H groups in total. The van der Waals surface area contributed by atoms with Crippen LogP contribution < -0.4 is 15.5 Å². The molecule has 0 aliphatic carbocycles. The Hall–Kier alpha value is -3.15. The second-order valence-electron chi connectivity index (χ2n) is 6.56. The number of nitrogens with one attached hydrogen (secondary N) is 2. The van der Waals surface area contributed by atoms with Crippen molar-refractivity contribution in [2.45, 2.75) is 40.0 Å². The van der Waals surface area contributed by atoms with Gasteiger partial charge < -0.3 is 10.1 Å². The van der Waals surface area contributed by atoms with E-state index in [1.165, 1.54) is 6.21 Å². The molecule has 0 aliphatic heterocycles. The van der Waals surface area contributed by atoms with Crippen LogP contribution in [0.4, 0.5) is 5.69 Å². The van der Waals surface area contributed by atoms with E-state index < -0.39 is 5.91 Å². The predicted octanol–water partition coefficient (Wildman–Crippen LogP) is 3.96. The van der Waals surface area contributed by atoms with E-state index >= 15 is 0 Å². The topological polar surface area (TPSA) is 79.8 Å². The van der Waals surface area contributed by atoms with Crippen molar-refractivity contribution in [3.05, 3.63) is 59.2 Å². The first kappa shape index (κ1) is 21.2. The summed E-state index contributed by atoms with van der Waals surface area (Å²) in [7, 11) is 0. The van der Waals surface area contributed by atoms with Crippen molar-refractivity contribution in [1.82, 2.24) is 5.43 Å². The van der Waals surface area contributed by atoms with Gasteiger partial charge in [-0.25, -0.2) is 5.43 Å². The maximum Gasteiger partial charge on any atom is 0.249 e. The SMILES string of the molecule is CCCCOc1ccccc1C=NNC(=O)CC(=O)Nc1ccc(C)c(C)c1. The quantitative estimate of drug-likeness (QED) is 0.299. The molecule has 0 bridgehead atoms. The lowest BCUT2D eigenvalue weighted by atomic mass is 10.1. The summed E-state index contributed by atoms with van der Waals surface area (Å²) in [5, 5.41) is 6.65. The van der Waals surface area contributed by atoms with E-state index in [1.54, 1.807) is 0 Å². The van der Waals surface area contributed by atoms with Crippen molar-refractivity contribution in [3.63, 3.8) is 0 Å². The molecule has 2 amide bonds. The van der Waals surface area contributed by atoms with Gasteiger partial charge in [0.2, 0.25) is 11.8 Å². The number of para-hydroxylation sites is 1. The number of nitrogens with zero attached hydrogens (tertiary/aromatic N) is 1. The summed E-state index contributed by atoms with van der Waals surface area (Å²) in [6.07, 6.45) is 3.23. The molecule has 148 valence electrons. The van der Waals surface area contributed by atoms with E-state index in [9.17, 15) is 9.59 Å². The zero-order valence-corrected chi connectivity index (χ0v) is 16.6. The van der Waals surface area contributed by atoms with Gasteiger partial charge >= 0.3 is 0 Å². The smallest absolute Gasteiger partial charge is 0.249 e. The molecule has 0 aliphatic rings. The Balaban J connectivity index is 1.84. The van der Waals surface area contributed by atoms with E-state index in [0.29, 0.717) is 18.0 Å². The zero-order chi connectivity index (χ0) is 20.4. The molecule has 0 heterocycles. The van der Waals surface area contributed by atoms with Gasteiger partial charge in [0.15, 0.2) is 0 Å². The van der Waals surface area contributed by atoms with E-state index in [-0.39, 0.29) is 12.3 Å². The van der Waals surface area contributed by atoms with Crippen molar-refractivity contribution in [3.8, 4) is 5.75 Å². The van der Waals surface area contributed by atoms with Crippen LogP contribution in [0.5, 0.6) is 5.75 Å². The Bertz CT molecular complexity index is 847. The van der Waals surface area contributed by atoms with E-state index in [2.05, 4.69) is 22.8 Å². The number of amides is 2. The molecule has 0 radical (unpaired) electrons. The predicted molar refractivity (Wildman–Crippen MR) is 112 cm³/mol. The highest BCUT2D eigenvalue weighted by atomic mass is 16.5. The summed E-state index contributed by atoms with van der Waals surface area (Å²) < 4.78 is 5.72. The minimum absolute atomic E-state index is 0.307. The van der Waals surface area contributed by atoms with Gasteiger partial charge in [0.05, 0.1) is 12.8 Å². The largest absolute Gasteiger partial charge is 0.493 e. The molecule has 28 heavy (non-hydrogen) atoms. The van der Waals surface area contributed by atoms with Crippen LogP contribution in [0.3, 0.4) is 0 Å². The minimum atomic E-state index is -0.484. The van der Waals surface area contributed by atoms with Gasteiger partial charge in [-0.05, 0) is 55.7 Å². The molecule has 2 aromatic rings. The lowest BCUT2D eigenvalue weighted by Gasteiger charge is -2.08. The average molecular weight is 381 g/mol. The van der Waals surface area contributed by atoms with Crippen LogP contribution in [0.1, 0.15) is 42.9 Å². The van der Waals surface area contributed by atoms with Crippen molar-refractivity contribution in [2.75, 3.05) is 11.9 Å². The first-order chi connectivity index (χ1) is 13.5. The Labute approximate surface area is 166 Å². The molecule has 0 fully saturated rings. The van der Waals surface area contributed by atoms with E-state index in [4.69, 9.17) is 4.74 Å². The van der Waals surface area contributed by atoms with Crippen LogP contribution in [0.25, 0.3) is 0 Å². The third-order valence-corrected chi connectivity index (χ3v) is 4.18. The van der Waals surface area contributed by atoms with Crippen LogP contribution in [-0.4, -0.2) is 24.6 Å². The maximum atomic E-state index is 12.0. The molecule has 6 nitrogen and oxygen atoms in total. The van der Waals surface area contributed by atoms with Gasteiger partial charge in [-0.15, -0.1) is 0 Å². The van der Waals surface area contributed by atoms with Crippen molar-refractivity contribution in [1.29, 1.82) is 0 Å². The van der Waals surface area contributed by atoms with E-state index in [1.807, 2.05) is 56.3 Å². The number of hydrazone groups is 1. The van der Waals surface area contributed by atoms with Crippen LogP contribution in [0.2, 0.25) is 0 Å². The molecule has 0 spiro atoms. The number of unbranched alkanes of at least 4 members (excludes halogenated alkanes) is 1. The van der Waals surface area contributed by atoms with Crippen molar-refractivity contribution >= 4 is 23.7 Å². The standard InChI is InChI=1S/C22H27N3O3/c1-4-5-12-28-20-9-7-6-8-18(20)15-23-25-22(27)14-21(26)24-19-11-10-16(2)17(3)13-19/h6-11,13,15H,4-5,12,14H2,1-3H3,(H,24,26)(H,25,27). The summed E-state index contributed by atoms with van der Waals surface area (Å²) in [6.45, 7) is 6.70. The van der Waals surface area contributed by atoms with E-state index in [0.717, 1.165) is 29.5 Å². The number of hydrogen-bond donors (Lipinski definition) is 2. The fourth-order valence-corrected chi connectivity index (χ4v) is 2.43. The summed E-state index contributed by atoms with van der Waals surface area (Å²) in [5.41, 5.74) is 6.03. The van der Waals surface area contributed by atoms with Gasteiger partial charge in [-0.3, -0.25) is 9.59 Å². The molecule has 2 rings (SSSR count). The van der Waals surface area contributed by atoms with Gasteiger partial charge in [0.25, 0.3) is 0 Å². The van der Waals surface area contributed by atoms with Crippen LogP contribution in [0.15, 0.2) is 47.6 Å². The number of ether oxygens (including phenoxy) is 1. The fourth-order valence-electron chi connectivity index (χ4n) is 2.43. The lowest BCUT2D eigenvalue weighted by Crippen LogP contribution is -2.24. The van der Waals surface area contributed by atoms with Crippen molar-refractivity contribution in [2.24, 2.45) is 5.10 Å². The normalized spacial score (nSPS) is 10.7. The Morgan fingerprint density at radius 3 is 2.61 bits per heavy atom. The summed E-state index contributed by atoms with van der Waals surface area (Å²) in [6, 6.07) is 13.1. The fraction of sp³-hybridized carbons (Fsp3) is 0.318. The number of carbonyl (C=O) groups excluding carboxylic acids is 2. The first-order valence-electron chi connectivity index (χ1n) is 9.40. The van der Waals surface area contributed by atoms with Crippen LogP contribution in [0, 0.1) is 13.8 Å². The number of anilines is 1. The number of hydrogen-bond acceptors (Lipinski definition) is 4. The van der Waals surface area contributed by atoms with Gasteiger partial charge in [0.1, 0.15) is 12.2 Å². The molecule has 2 aromatic carbocycles. The maximum absolute atomic E-state index is 12.0. The molecule has 0 saturated carbocycles. The molecule has 0 saturated heterocycles. The number of carbonyl (C=O) groups is 2. The second kappa shape index (κ2) is 10.9. The Morgan fingerprint density at radius 2 is 1.86 bits per heavy atom. The molecule has 0 aromatic heterocycles. The van der Waals surface area contributed by atoms with Gasteiger partial charge in [-0.1, -0.05) is 31.5 Å². The third kappa shape index (κ3) is 6.87. The second-order valence-corrected chi connectivity index (χ2v) is 6.56. The molecule has 0 atom stereocenters. The molecule has 0 unspecified atom stereocenters. The Kier molecular flexibility index (Phi) is 8.21. The first-order valence-corrected chi connectivity index (χ1v) is 9.40. The molecular weight excluding hydrogens is 354 g/mol. The summed E-state index contributed by atoms with van der Waals surface area (Å²) in [5.74, 6) is -0.164. The summed E-state index contributed by atoms with van der Waals surface area (Å²) in [4.78, 5) is 23.9. The van der Waals surface area contributed by atoms with Crippen molar-refractivity contribution < 1.29 is 14.3 Å². The summed E-state index contributed by atoms with van der Waals surface area (Å²) >= 11 is 0. The average Bonchev–Trinajstić information content (AvgIpc) is 2.66. The highest BCUT2D eigenvalue weighted by Gasteiger charge is 2.09. The van der Waals surface area contributed by atoms with Gasteiger partial charge in [0, 0.05) is 11.3 Å². The number of rotatable bonds is 9. The number of benzene rings is 2. The minimum Gasteiger partial charge on any atom is -0.493 e. The van der Waals surface area contributed by atoms with Gasteiger partial charge in [-0.2, -0.15) is 5.10 Å². The monoisotopic (exact) mass is 381 g/mol.